The molecule has 0 saturated carbocycles. The monoisotopic (exact) mass is 162 g/mol. The van der Waals surface area contributed by atoms with Crippen molar-refractivity contribution in [3.8, 4) is 0 Å². The van der Waals surface area contributed by atoms with Gasteiger partial charge in [-0.3, -0.25) is 0 Å². The lowest BCUT2D eigenvalue weighted by Crippen LogP contribution is -1.87. The Morgan fingerprint density at radius 2 is 2.25 bits per heavy atom. The number of allylic oxidation sites excluding steroid dienone is 1. The van der Waals surface area contributed by atoms with Crippen molar-refractivity contribution >= 4 is 0 Å². The molecule has 0 aliphatic heterocycles. The Morgan fingerprint density at radius 1 is 1.50 bits per heavy atom. The molecule has 12 heavy (non-hydrogen) atoms. The van der Waals surface area contributed by atoms with Crippen molar-refractivity contribution in [2.45, 2.75) is 20.3 Å². The standard InChI is InChI=1S/C11H14O/c1-9-4-3-5-11(6-9)7-10(2)8-12/h3-6,8,12H,7H2,1-2H3. The molecule has 1 aromatic rings. The van der Waals surface area contributed by atoms with Crippen molar-refractivity contribution in [2.75, 3.05) is 0 Å². The normalized spacial score (nSPS) is 11.7. The maximum absolute atomic E-state index is 8.70. The molecule has 64 valence electrons. The van der Waals surface area contributed by atoms with Crippen molar-refractivity contribution in [1.29, 1.82) is 0 Å². The summed E-state index contributed by atoms with van der Waals surface area (Å²) in [5, 5.41) is 8.70. The summed E-state index contributed by atoms with van der Waals surface area (Å²) in [6.07, 6.45) is 2.00. The Labute approximate surface area is 73.4 Å². The Kier molecular flexibility index (Phi) is 2.92. The van der Waals surface area contributed by atoms with E-state index < -0.39 is 0 Å². The second-order valence-corrected chi connectivity index (χ2v) is 3.14. The predicted molar refractivity (Wildman–Crippen MR) is 51.3 cm³/mol. The van der Waals surface area contributed by atoms with Crippen LogP contribution in [0.3, 0.4) is 0 Å². The quantitative estimate of drug-likeness (QED) is 0.663. The molecule has 1 N–H and O–H groups in total. The van der Waals surface area contributed by atoms with Crippen molar-refractivity contribution in [3.05, 3.63) is 47.2 Å². The van der Waals surface area contributed by atoms with Gasteiger partial charge in [0.25, 0.3) is 0 Å². The second kappa shape index (κ2) is 3.96. The van der Waals surface area contributed by atoms with Crippen LogP contribution in [0.1, 0.15) is 18.1 Å². The molecule has 0 fully saturated rings. The van der Waals surface area contributed by atoms with Gasteiger partial charge in [-0.15, -0.1) is 0 Å². The number of aryl methyl sites for hydroxylation is 1. The third-order valence-corrected chi connectivity index (χ3v) is 1.79. The molecule has 0 aliphatic carbocycles. The highest BCUT2D eigenvalue weighted by Crippen LogP contribution is 2.08. The van der Waals surface area contributed by atoms with Gasteiger partial charge in [-0.1, -0.05) is 29.8 Å². The highest BCUT2D eigenvalue weighted by atomic mass is 16.2. The van der Waals surface area contributed by atoms with Gasteiger partial charge in [0.1, 0.15) is 0 Å². The predicted octanol–water partition coefficient (Wildman–Crippen LogP) is 3.00. The smallest absolute Gasteiger partial charge is 0.0784 e. The third-order valence-electron chi connectivity index (χ3n) is 1.79. The van der Waals surface area contributed by atoms with E-state index >= 15 is 0 Å². The molecule has 0 radical (unpaired) electrons. The maximum atomic E-state index is 8.70. The van der Waals surface area contributed by atoms with Gasteiger partial charge in [-0.25, -0.2) is 0 Å². The van der Waals surface area contributed by atoms with E-state index in [0.717, 1.165) is 12.0 Å². The molecule has 1 rings (SSSR count). The first-order chi connectivity index (χ1) is 5.72. The molecular formula is C11H14O. The van der Waals surface area contributed by atoms with Crippen LogP contribution in [0.5, 0.6) is 0 Å². The minimum absolute atomic E-state index is 0.832. The zero-order chi connectivity index (χ0) is 8.97. The van der Waals surface area contributed by atoms with Crippen molar-refractivity contribution in [1.82, 2.24) is 0 Å². The molecule has 1 aromatic carbocycles. The highest BCUT2D eigenvalue weighted by molar-refractivity contribution is 5.25. The Hall–Kier alpha value is -1.24. The van der Waals surface area contributed by atoms with Gasteiger partial charge < -0.3 is 5.11 Å². The summed E-state index contributed by atoms with van der Waals surface area (Å²) in [5.41, 5.74) is 3.50. The average molecular weight is 162 g/mol. The first-order valence-corrected chi connectivity index (χ1v) is 4.08. The number of aliphatic hydroxyl groups is 1. The van der Waals surface area contributed by atoms with E-state index in [1.807, 2.05) is 13.0 Å². The van der Waals surface area contributed by atoms with Gasteiger partial charge in [-0.2, -0.15) is 0 Å². The third kappa shape index (κ3) is 2.42. The van der Waals surface area contributed by atoms with Crippen LogP contribution in [-0.2, 0) is 6.42 Å². The lowest BCUT2D eigenvalue weighted by molar-refractivity contribution is 0.465. The molecule has 1 nitrogen and oxygen atoms in total. The number of hydrogen-bond donors (Lipinski definition) is 1. The van der Waals surface area contributed by atoms with Gasteiger partial charge >= 0.3 is 0 Å². The number of aliphatic hydroxyl groups excluding tert-OH is 1. The number of rotatable bonds is 2. The Bertz CT molecular complexity index is 287. The minimum atomic E-state index is 0.832. The first kappa shape index (κ1) is 8.85. The van der Waals surface area contributed by atoms with Crippen LogP contribution in [0.4, 0.5) is 0 Å². The summed E-state index contributed by atoms with van der Waals surface area (Å²) < 4.78 is 0. The molecule has 0 spiro atoms. The molecule has 0 amide bonds. The zero-order valence-electron chi connectivity index (χ0n) is 7.54. The fraction of sp³-hybridized carbons (Fsp3) is 0.273. The van der Waals surface area contributed by atoms with Gasteiger partial charge in [-0.05, 0) is 31.4 Å². The van der Waals surface area contributed by atoms with Crippen molar-refractivity contribution in [3.63, 3.8) is 0 Å². The van der Waals surface area contributed by atoms with E-state index in [1.54, 1.807) is 0 Å². The molecule has 0 heterocycles. The molecule has 0 bridgehead atoms. The molecule has 0 unspecified atom stereocenters. The largest absolute Gasteiger partial charge is 0.516 e. The maximum Gasteiger partial charge on any atom is 0.0784 e. The van der Waals surface area contributed by atoms with E-state index in [1.165, 1.54) is 17.4 Å². The lowest BCUT2D eigenvalue weighted by Gasteiger charge is -2.01. The topological polar surface area (TPSA) is 20.2 Å². The Balaban J connectivity index is 2.76. The van der Waals surface area contributed by atoms with Crippen molar-refractivity contribution < 1.29 is 5.11 Å². The molecule has 1 heteroatoms. The summed E-state index contributed by atoms with van der Waals surface area (Å²) in [6, 6.07) is 8.31. The minimum Gasteiger partial charge on any atom is -0.516 e. The van der Waals surface area contributed by atoms with Crippen LogP contribution < -0.4 is 0 Å². The van der Waals surface area contributed by atoms with Crippen LogP contribution in [-0.4, -0.2) is 5.11 Å². The van der Waals surface area contributed by atoms with Crippen LogP contribution >= 0.6 is 0 Å². The van der Waals surface area contributed by atoms with E-state index in [2.05, 4.69) is 25.1 Å². The first-order valence-electron chi connectivity index (χ1n) is 4.08. The molecular weight excluding hydrogens is 148 g/mol. The summed E-state index contributed by atoms with van der Waals surface area (Å²) in [7, 11) is 0. The highest BCUT2D eigenvalue weighted by Gasteiger charge is 1.94. The van der Waals surface area contributed by atoms with E-state index in [9.17, 15) is 0 Å². The van der Waals surface area contributed by atoms with Crippen LogP contribution in [0.15, 0.2) is 36.1 Å². The van der Waals surface area contributed by atoms with Gasteiger partial charge in [0.05, 0.1) is 6.26 Å². The van der Waals surface area contributed by atoms with E-state index in [-0.39, 0.29) is 0 Å². The van der Waals surface area contributed by atoms with Crippen LogP contribution in [0.25, 0.3) is 0 Å². The van der Waals surface area contributed by atoms with Crippen LogP contribution in [0.2, 0.25) is 0 Å². The zero-order valence-corrected chi connectivity index (χ0v) is 7.54. The fourth-order valence-electron chi connectivity index (χ4n) is 1.19. The molecule has 0 aliphatic rings. The fourth-order valence-corrected chi connectivity index (χ4v) is 1.19. The summed E-state index contributed by atoms with van der Waals surface area (Å²) in [6.45, 7) is 3.99. The summed E-state index contributed by atoms with van der Waals surface area (Å²) in [5.74, 6) is 0. The number of benzene rings is 1. The Morgan fingerprint density at radius 3 is 2.83 bits per heavy atom. The van der Waals surface area contributed by atoms with Gasteiger partial charge in [0.15, 0.2) is 0 Å². The van der Waals surface area contributed by atoms with Crippen molar-refractivity contribution in [2.24, 2.45) is 0 Å². The average Bonchev–Trinajstić information content (AvgIpc) is 2.04. The summed E-state index contributed by atoms with van der Waals surface area (Å²) >= 11 is 0. The van der Waals surface area contributed by atoms with Gasteiger partial charge in [0, 0.05) is 0 Å². The lowest BCUT2D eigenvalue weighted by atomic mass is 10.1. The molecule has 0 aromatic heterocycles. The number of hydrogen-bond acceptors (Lipinski definition) is 1. The van der Waals surface area contributed by atoms with E-state index in [4.69, 9.17) is 5.11 Å². The molecule has 0 saturated heterocycles. The second-order valence-electron chi connectivity index (χ2n) is 3.14. The molecule has 0 atom stereocenters. The SMILES string of the molecule is CC(=CO)Cc1cccc(C)c1. The van der Waals surface area contributed by atoms with Gasteiger partial charge in [0.2, 0.25) is 0 Å². The van der Waals surface area contributed by atoms with Crippen LogP contribution in [0, 0.1) is 6.92 Å². The summed E-state index contributed by atoms with van der Waals surface area (Å²) in [4.78, 5) is 0. The van der Waals surface area contributed by atoms with E-state index in [0.29, 0.717) is 0 Å².